The van der Waals surface area contributed by atoms with Crippen LogP contribution in [0.4, 0.5) is 0 Å². The normalized spacial score (nSPS) is 26.1. The molecule has 17 nitrogen and oxygen atoms in total. The number of pyridine rings is 1. The predicted molar refractivity (Wildman–Crippen MR) is 213 cm³/mol. The Bertz CT molecular complexity index is 2120. The Labute approximate surface area is 346 Å². The second-order valence-corrected chi connectivity index (χ2v) is 15.2. The van der Waals surface area contributed by atoms with E-state index in [0.29, 0.717) is 6.42 Å². The Morgan fingerprint density at radius 1 is 0.850 bits per heavy atom. The van der Waals surface area contributed by atoms with E-state index < -0.39 is 95.2 Å². The fraction of sp³-hybridized carbons (Fsp3) is 0.419. The van der Waals surface area contributed by atoms with Crippen LogP contribution in [-0.4, -0.2) is 128 Å². The fourth-order valence-electron chi connectivity index (χ4n) is 7.88. The van der Waals surface area contributed by atoms with E-state index in [4.69, 9.17) is 4.74 Å². The van der Waals surface area contributed by atoms with Crippen molar-refractivity contribution in [2.45, 2.75) is 94.7 Å². The number of piperidine rings is 1. The summed E-state index contributed by atoms with van der Waals surface area (Å²) in [7, 11) is 1.47. The number of carbonyl (C=O) groups excluding carboxylic acids is 8. The van der Waals surface area contributed by atoms with Crippen molar-refractivity contribution >= 4 is 47.2 Å². The van der Waals surface area contributed by atoms with Gasteiger partial charge in [0.1, 0.15) is 47.8 Å². The molecule has 0 saturated carbocycles. The summed E-state index contributed by atoms with van der Waals surface area (Å²) in [6, 6.07) is 11.7. The summed E-state index contributed by atoms with van der Waals surface area (Å²) in [4.78, 5) is 121. The van der Waals surface area contributed by atoms with Gasteiger partial charge in [0.15, 0.2) is 11.7 Å². The number of benzene rings is 2. The highest BCUT2D eigenvalue weighted by atomic mass is 16.5. The molecule has 3 saturated heterocycles. The lowest BCUT2D eigenvalue weighted by Gasteiger charge is -2.40. The third-order valence-electron chi connectivity index (χ3n) is 11.2. The van der Waals surface area contributed by atoms with Crippen molar-refractivity contribution in [1.82, 2.24) is 35.6 Å². The molecule has 3 fully saturated rings. The Morgan fingerprint density at radius 2 is 1.53 bits per heavy atom. The Kier molecular flexibility index (Phi) is 13.6. The summed E-state index contributed by atoms with van der Waals surface area (Å²) in [6.07, 6.45) is 0.235. The molecule has 6 rings (SSSR count). The number of hydrogen-bond acceptors (Lipinski definition) is 11. The number of Topliss-reactive ketones (excluding diaryl/α,β-unsaturated/α-hetero) is 1. The zero-order valence-electron chi connectivity index (χ0n) is 33.6. The third kappa shape index (κ3) is 9.45. The maximum atomic E-state index is 14.8. The van der Waals surface area contributed by atoms with Crippen LogP contribution in [0.25, 0.3) is 0 Å². The number of hydrogen-bond donors (Lipinski definition) is 4. The van der Waals surface area contributed by atoms with E-state index in [9.17, 15) is 43.5 Å². The molecule has 316 valence electrons. The molecule has 17 heteroatoms. The number of aromatic hydroxyl groups is 1. The van der Waals surface area contributed by atoms with Crippen molar-refractivity contribution < 1.29 is 48.2 Å². The number of nitrogens with zero attached hydrogens (tertiary/aromatic N) is 4. The third-order valence-corrected chi connectivity index (χ3v) is 11.2. The first-order valence-corrected chi connectivity index (χ1v) is 20.0. The molecule has 0 aliphatic carbocycles. The highest BCUT2D eigenvalue weighted by Crippen LogP contribution is 2.26. The molecule has 0 bridgehead atoms. The summed E-state index contributed by atoms with van der Waals surface area (Å²) >= 11 is 0. The van der Waals surface area contributed by atoms with Crippen LogP contribution in [0.3, 0.4) is 0 Å². The second kappa shape index (κ2) is 18.9. The average molecular weight is 824 g/mol. The minimum atomic E-state index is -1.68. The van der Waals surface area contributed by atoms with Crippen LogP contribution in [0.1, 0.15) is 73.6 Å². The summed E-state index contributed by atoms with van der Waals surface area (Å²) in [5, 5.41) is 18.2. The minimum Gasteiger partial charge on any atom is -0.505 e. The Balaban J connectivity index is 1.43. The van der Waals surface area contributed by atoms with Crippen molar-refractivity contribution in [1.29, 1.82) is 0 Å². The second-order valence-electron chi connectivity index (χ2n) is 15.2. The van der Waals surface area contributed by atoms with Crippen LogP contribution < -0.4 is 16.0 Å². The number of ketones is 1. The molecular weight excluding hydrogens is 775 g/mol. The zero-order chi connectivity index (χ0) is 43.1. The molecular formula is C43H49N7O10. The van der Waals surface area contributed by atoms with Gasteiger partial charge in [0.05, 0.1) is 0 Å². The van der Waals surface area contributed by atoms with Gasteiger partial charge in [-0.2, -0.15) is 0 Å². The lowest BCUT2D eigenvalue weighted by Crippen LogP contribution is -2.61. The fourth-order valence-corrected chi connectivity index (χ4v) is 7.88. The molecule has 4 N–H and O–H groups in total. The molecule has 0 radical (unpaired) electrons. The topological polar surface area (TPSA) is 225 Å². The molecule has 1 aromatic heterocycles. The lowest BCUT2D eigenvalue weighted by atomic mass is 9.95. The number of rotatable bonds is 6. The van der Waals surface area contributed by atoms with Gasteiger partial charge in [-0.1, -0.05) is 67.6 Å². The van der Waals surface area contributed by atoms with E-state index in [1.165, 1.54) is 47.0 Å². The first-order chi connectivity index (χ1) is 28.8. The highest BCUT2D eigenvalue weighted by Gasteiger charge is 2.45. The van der Waals surface area contributed by atoms with Gasteiger partial charge in [-0.15, -0.1) is 0 Å². The van der Waals surface area contributed by atoms with Crippen LogP contribution in [0, 0.1) is 0 Å². The summed E-state index contributed by atoms with van der Waals surface area (Å²) in [5.74, 6) is -6.30. The summed E-state index contributed by atoms with van der Waals surface area (Å²) < 4.78 is 5.83. The van der Waals surface area contributed by atoms with Gasteiger partial charge in [0.2, 0.25) is 29.5 Å². The number of ether oxygens (including phenoxy) is 1. The predicted octanol–water partition coefficient (Wildman–Crippen LogP) is 1.20. The number of likely N-dealkylation sites (N-methyl/N-ethyl adjacent to an activating group) is 1. The Hall–Kier alpha value is -6.65. The van der Waals surface area contributed by atoms with E-state index in [0.717, 1.165) is 5.56 Å². The molecule has 0 spiro atoms. The van der Waals surface area contributed by atoms with Gasteiger partial charge >= 0.3 is 5.97 Å². The summed E-state index contributed by atoms with van der Waals surface area (Å²) in [5.41, 5.74) is 0.560. The van der Waals surface area contributed by atoms with Gasteiger partial charge < -0.3 is 40.5 Å². The van der Waals surface area contributed by atoms with Gasteiger partial charge in [-0.05, 0) is 49.4 Å². The quantitative estimate of drug-likeness (QED) is 0.259. The monoisotopic (exact) mass is 823 g/mol. The van der Waals surface area contributed by atoms with Gasteiger partial charge in [-0.3, -0.25) is 33.6 Å². The van der Waals surface area contributed by atoms with Gasteiger partial charge in [0, 0.05) is 45.6 Å². The number of nitrogens with one attached hydrogen (secondary N) is 3. The van der Waals surface area contributed by atoms with Crippen molar-refractivity contribution in [3.8, 4) is 5.75 Å². The van der Waals surface area contributed by atoms with Crippen molar-refractivity contribution in [3.63, 3.8) is 0 Å². The zero-order valence-corrected chi connectivity index (χ0v) is 33.6. The molecule has 6 amide bonds. The molecule has 0 unspecified atom stereocenters. The maximum Gasteiger partial charge on any atom is 0.333 e. The minimum absolute atomic E-state index is 0.0410. The maximum absolute atomic E-state index is 14.8. The first-order valence-electron chi connectivity index (χ1n) is 20.0. The summed E-state index contributed by atoms with van der Waals surface area (Å²) in [6.45, 7) is 3.03. The lowest BCUT2D eigenvalue weighted by molar-refractivity contribution is -0.156. The van der Waals surface area contributed by atoms with E-state index in [1.807, 2.05) is 6.07 Å². The molecule has 2 aromatic carbocycles. The number of aromatic nitrogens is 1. The first kappa shape index (κ1) is 42.9. The van der Waals surface area contributed by atoms with Crippen molar-refractivity contribution in [3.05, 3.63) is 95.8 Å². The SMILES string of the molecule is CC[C@@H]1NC(=O)[C@@H](NC(=O)c2ncccc2O)[C@@H](C)OC(=O)[C@@H](c2ccccc2)NC(=O)[C@H]2CC(=O)CCN2C(=O)[C@@H](Cc2ccccc2)N(C)C(=O)[C@H]2CCCN2C1=O. The number of fused-ring (bicyclic) bond motifs is 2. The molecule has 60 heavy (non-hydrogen) atoms. The van der Waals surface area contributed by atoms with Crippen LogP contribution in [-0.2, 0) is 44.7 Å². The molecule has 3 aromatic rings. The number of cyclic esters (lactones) is 1. The van der Waals surface area contributed by atoms with E-state index in [2.05, 4.69) is 20.9 Å². The molecule has 4 heterocycles. The van der Waals surface area contributed by atoms with Crippen molar-refractivity contribution in [2.75, 3.05) is 20.1 Å². The van der Waals surface area contributed by atoms with E-state index in [-0.39, 0.29) is 56.5 Å². The van der Waals surface area contributed by atoms with E-state index >= 15 is 0 Å². The molecule has 3 aliphatic heterocycles. The van der Waals surface area contributed by atoms with Crippen LogP contribution in [0.15, 0.2) is 79.0 Å². The van der Waals surface area contributed by atoms with Crippen LogP contribution in [0.2, 0.25) is 0 Å². The number of carbonyl (C=O) groups is 8. The molecule has 3 aliphatic rings. The highest BCUT2D eigenvalue weighted by molar-refractivity contribution is 6.01. The van der Waals surface area contributed by atoms with Crippen LogP contribution in [0.5, 0.6) is 5.75 Å². The Morgan fingerprint density at radius 3 is 2.22 bits per heavy atom. The smallest absolute Gasteiger partial charge is 0.333 e. The van der Waals surface area contributed by atoms with E-state index in [1.54, 1.807) is 61.5 Å². The van der Waals surface area contributed by atoms with Gasteiger partial charge in [0.25, 0.3) is 5.91 Å². The molecule has 7 atom stereocenters. The largest absolute Gasteiger partial charge is 0.505 e. The van der Waals surface area contributed by atoms with Crippen LogP contribution >= 0.6 is 0 Å². The van der Waals surface area contributed by atoms with Crippen molar-refractivity contribution in [2.24, 2.45) is 0 Å². The standard InChI is InChI=1S/C43H49N7O10/c1-4-29-40(56)49-21-12-17-30(49)41(57)48(3)32(23-26-13-7-5-8-14-26)42(58)50-22-19-28(51)24-31(50)37(53)47-35(27-15-9-6-10-16-27)43(59)60-25(2)34(38(54)45-29)46-39(55)36-33(52)18-11-20-44-36/h5-11,13-16,18,20,25,29-32,34-35,52H,4,12,17,19,21-24H2,1-3H3,(H,45,54)(H,46,55)(H,47,53)/t25-,29+,30-,31-,32-,34+,35-/m1/s1. The van der Waals surface area contributed by atoms with Gasteiger partial charge in [-0.25, -0.2) is 9.78 Å². The average Bonchev–Trinajstić information content (AvgIpc) is 3.75. The number of amides is 6. The number of esters is 1.